The van der Waals surface area contributed by atoms with E-state index in [4.69, 9.17) is 9.84 Å². The Hall–Kier alpha value is -1.58. The zero-order valence-corrected chi connectivity index (χ0v) is 22.3. The molecule has 0 aliphatic carbocycles. The number of allylic oxidation sites excluding steroid dienone is 4. The first-order chi connectivity index (χ1) is 15.0. The normalized spacial score (nSPS) is 13.1. The van der Waals surface area contributed by atoms with Gasteiger partial charge in [0, 0.05) is 6.42 Å². The fourth-order valence-electron chi connectivity index (χ4n) is 3.24. The zero-order valence-electron chi connectivity index (χ0n) is 22.3. The topological polar surface area (TPSA) is 63.6 Å². The maximum Gasteiger partial charge on any atom is 0.306 e. The summed E-state index contributed by atoms with van der Waals surface area (Å²) < 4.78 is 5.13. The smallest absolute Gasteiger partial charge is 0.306 e. The molecule has 0 saturated carbocycles. The molecule has 0 aliphatic rings. The molecule has 32 heavy (non-hydrogen) atoms. The van der Waals surface area contributed by atoms with Crippen LogP contribution < -0.4 is 0 Å². The molecule has 4 heteroatoms. The lowest BCUT2D eigenvalue weighted by molar-refractivity contribution is -0.144. The molecule has 0 radical (unpaired) electrons. The number of carboxylic acids is 1. The van der Waals surface area contributed by atoms with Gasteiger partial charge in [-0.2, -0.15) is 0 Å². The molecule has 0 amide bonds. The van der Waals surface area contributed by atoms with Crippen molar-refractivity contribution in [2.24, 2.45) is 17.8 Å². The van der Waals surface area contributed by atoms with Crippen LogP contribution in [-0.2, 0) is 14.3 Å². The Balaban J connectivity index is 0. The van der Waals surface area contributed by atoms with Gasteiger partial charge in [-0.3, -0.25) is 9.59 Å². The van der Waals surface area contributed by atoms with Crippen molar-refractivity contribution >= 4 is 11.9 Å². The van der Waals surface area contributed by atoms with Crippen molar-refractivity contribution in [3.05, 3.63) is 23.3 Å². The Morgan fingerprint density at radius 3 is 1.72 bits per heavy atom. The highest BCUT2D eigenvalue weighted by atomic mass is 16.5. The largest absolute Gasteiger partial charge is 0.481 e. The number of hydrogen-bond donors (Lipinski definition) is 1. The van der Waals surface area contributed by atoms with Crippen molar-refractivity contribution < 1.29 is 19.4 Å². The Morgan fingerprint density at radius 2 is 1.31 bits per heavy atom. The van der Waals surface area contributed by atoms with E-state index in [1.165, 1.54) is 24.0 Å². The molecule has 0 spiro atoms. The molecule has 0 aliphatic heterocycles. The minimum Gasteiger partial charge on any atom is -0.481 e. The second-order valence-electron chi connectivity index (χ2n) is 9.71. The first-order valence-electron chi connectivity index (χ1n) is 12.7. The maximum atomic E-state index is 11.1. The molecule has 1 N–H and O–H groups in total. The predicted octanol–water partition coefficient (Wildman–Crippen LogP) is 8.36. The first kappa shape index (κ1) is 32.6. The molecule has 0 aromatic rings. The number of ether oxygens (including phenoxy) is 1. The number of carboxylic acid groups (broad SMARTS) is 1. The van der Waals surface area contributed by atoms with Gasteiger partial charge < -0.3 is 9.84 Å². The van der Waals surface area contributed by atoms with Gasteiger partial charge in [0.1, 0.15) is 0 Å². The van der Waals surface area contributed by atoms with Crippen LogP contribution in [0.3, 0.4) is 0 Å². The third-order valence-electron chi connectivity index (χ3n) is 5.60. The number of carbonyl (C=O) groups is 2. The standard InChI is InChI=1S/2C14H26O2/c1-5-13(14(15)16)10-9-12(4)8-6-7-11(2)3;1-5-7-14(15)16-11-10-13(4)9-6-8-12(2)3/h7,12-13H,5-6,8-10H2,1-4H3,(H,15,16);8,13H,5-7,9-11H2,1-4H3. The fourth-order valence-corrected chi connectivity index (χ4v) is 3.24. The van der Waals surface area contributed by atoms with Gasteiger partial charge in [-0.15, -0.1) is 0 Å². The van der Waals surface area contributed by atoms with E-state index in [0.29, 0.717) is 24.9 Å². The number of esters is 1. The van der Waals surface area contributed by atoms with Crippen LogP contribution in [0.1, 0.15) is 120 Å². The van der Waals surface area contributed by atoms with Crippen molar-refractivity contribution in [3.63, 3.8) is 0 Å². The molecule has 0 saturated heterocycles. The predicted molar refractivity (Wildman–Crippen MR) is 137 cm³/mol. The van der Waals surface area contributed by atoms with Crippen LogP contribution in [0, 0.1) is 17.8 Å². The summed E-state index contributed by atoms with van der Waals surface area (Å²) in [4.78, 5) is 21.9. The van der Waals surface area contributed by atoms with Crippen LogP contribution in [0.5, 0.6) is 0 Å². The maximum absolute atomic E-state index is 11.1. The number of hydrogen-bond acceptors (Lipinski definition) is 3. The molecule has 0 rings (SSSR count). The first-order valence-corrected chi connectivity index (χ1v) is 12.7. The molecule has 3 unspecified atom stereocenters. The molecule has 0 fully saturated rings. The van der Waals surface area contributed by atoms with Gasteiger partial charge in [0.15, 0.2) is 0 Å². The van der Waals surface area contributed by atoms with E-state index in [0.717, 1.165) is 44.9 Å². The van der Waals surface area contributed by atoms with Gasteiger partial charge in [0.2, 0.25) is 0 Å². The van der Waals surface area contributed by atoms with E-state index in [-0.39, 0.29) is 11.9 Å². The Bertz CT molecular complexity index is 538. The van der Waals surface area contributed by atoms with Crippen LogP contribution in [0.4, 0.5) is 0 Å². The molecular formula is C28H52O4. The Kier molecular flexibility index (Phi) is 21.7. The van der Waals surface area contributed by atoms with Gasteiger partial charge in [-0.1, -0.05) is 51.0 Å². The minimum atomic E-state index is -0.640. The number of rotatable bonds is 16. The summed E-state index contributed by atoms with van der Waals surface area (Å²) in [7, 11) is 0. The SMILES string of the molecule is CCC(CCC(C)CCC=C(C)C)C(=O)O.CCCC(=O)OCCC(C)CCC=C(C)C. The summed E-state index contributed by atoms with van der Waals surface area (Å²) in [6.45, 7) is 17.4. The third-order valence-corrected chi connectivity index (χ3v) is 5.60. The van der Waals surface area contributed by atoms with E-state index in [1.807, 2.05) is 13.8 Å². The van der Waals surface area contributed by atoms with Crippen LogP contribution in [0.2, 0.25) is 0 Å². The second kappa shape index (κ2) is 21.3. The Labute approximate surface area is 198 Å². The van der Waals surface area contributed by atoms with E-state index < -0.39 is 5.97 Å². The van der Waals surface area contributed by atoms with Crippen molar-refractivity contribution in [1.82, 2.24) is 0 Å². The van der Waals surface area contributed by atoms with Crippen LogP contribution in [0.25, 0.3) is 0 Å². The highest BCUT2D eigenvalue weighted by Gasteiger charge is 2.15. The van der Waals surface area contributed by atoms with Crippen molar-refractivity contribution in [2.45, 2.75) is 120 Å². The van der Waals surface area contributed by atoms with E-state index >= 15 is 0 Å². The number of carbonyl (C=O) groups excluding carboxylic acids is 1. The summed E-state index contributed by atoms with van der Waals surface area (Å²) in [6.07, 6.45) is 14.1. The van der Waals surface area contributed by atoms with Gasteiger partial charge >= 0.3 is 11.9 Å². The van der Waals surface area contributed by atoms with E-state index in [2.05, 4.69) is 53.7 Å². The summed E-state index contributed by atoms with van der Waals surface area (Å²) in [5, 5.41) is 8.93. The van der Waals surface area contributed by atoms with Gasteiger partial charge in [0.25, 0.3) is 0 Å². The lowest BCUT2D eigenvalue weighted by Gasteiger charge is -2.13. The second-order valence-corrected chi connectivity index (χ2v) is 9.71. The highest BCUT2D eigenvalue weighted by molar-refractivity contribution is 5.69. The van der Waals surface area contributed by atoms with Crippen molar-refractivity contribution in [1.29, 1.82) is 0 Å². The summed E-state index contributed by atoms with van der Waals surface area (Å²) in [5.41, 5.74) is 2.74. The Morgan fingerprint density at radius 1 is 0.812 bits per heavy atom. The summed E-state index contributed by atoms with van der Waals surface area (Å²) >= 11 is 0. The van der Waals surface area contributed by atoms with Gasteiger partial charge in [-0.25, -0.2) is 0 Å². The molecule has 3 atom stereocenters. The average molecular weight is 453 g/mol. The van der Waals surface area contributed by atoms with Crippen LogP contribution in [-0.4, -0.2) is 23.7 Å². The van der Waals surface area contributed by atoms with Gasteiger partial charge in [0.05, 0.1) is 12.5 Å². The highest BCUT2D eigenvalue weighted by Crippen LogP contribution is 2.19. The quantitative estimate of drug-likeness (QED) is 0.189. The number of aliphatic carboxylic acids is 1. The van der Waals surface area contributed by atoms with Crippen molar-refractivity contribution in [3.8, 4) is 0 Å². The summed E-state index contributed by atoms with van der Waals surface area (Å²) in [6, 6.07) is 0. The molecule has 4 nitrogen and oxygen atoms in total. The molecule has 0 heterocycles. The summed E-state index contributed by atoms with van der Waals surface area (Å²) in [5.74, 6) is 0.415. The molecule has 0 aromatic heterocycles. The molecule has 188 valence electrons. The zero-order chi connectivity index (χ0) is 24.9. The third kappa shape index (κ3) is 23.1. The monoisotopic (exact) mass is 452 g/mol. The fraction of sp³-hybridized carbons (Fsp3) is 0.786. The van der Waals surface area contributed by atoms with Crippen LogP contribution in [0.15, 0.2) is 23.3 Å². The average Bonchev–Trinajstić information content (AvgIpc) is 2.68. The molecule has 0 bridgehead atoms. The van der Waals surface area contributed by atoms with E-state index in [9.17, 15) is 9.59 Å². The molecule has 0 aromatic carbocycles. The van der Waals surface area contributed by atoms with E-state index in [1.54, 1.807) is 0 Å². The van der Waals surface area contributed by atoms with Crippen LogP contribution >= 0.6 is 0 Å². The van der Waals surface area contributed by atoms with Gasteiger partial charge in [-0.05, 0) is 97.3 Å². The van der Waals surface area contributed by atoms with Crippen molar-refractivity contribution in [2.75, 3.05) is 6.61 Å². The minimum absolute atomic E-state index is 0.0565. The molecular weight excluding hydrogens is 400 g/mol. The lowest BCUT2D eigenvalue weighted by Crippen LogP contribution is -2.13. The lowest BCUT2D eigenvalue weighted by atomic mass is 9.92.